The minimum atomic E-state index is -1.00. The molecule has 1 saturated heterocycles. The van der Waals surface area contributed by atoms with Crippen molar-refractivity contribution in [2.24, 2.45) is 0 Å². The highest BCUT2D eigenvalue weighted by Crippen LogP contribution is 2.33. The smallest absolute Gasteiger partial charge is 0.319 e. The van der Waals surface area contributed by atoms with Crippen LogP contribution in [-0.2, 0) is 16.9 Å². The number of benzene rings is 2. The molecule has 23 heavy (non-hydrogen) atoms. The van der Waals surface area contributed by atoms with Gasteiger partial charge in [0.15, 0.2) is 0 Å². The Balaban J connectivity index is 1.95. The molecule has 3 rings (SSSR count). The summed E-state index contributed by atoms with van der Waals surface area (Å²) in [5, 5.41) is 3.41. The first-order valence-electron chi connectivity index (χ1n) is 7.51. The Morgan fingerprint density at radius 1 is 1.04 bits per heavy atom. The van der Waals surface area contributed by atoms with Crippen molar-refractivity contribution in [1.82, 2.24) is 10.2 Å². The molecule has 0 radical (unpaired) electrons. The number of carbonyl (C=O) groups is 2. The highest BCUT2D eigenvalue weighted by molar-refractivity contribution is 6.31. The lowest BCUT2D eigenvalue weighted by Crippen LogP contribution is -2.43. The summed E-state index contributed by atoms with van der Waals surface area (Å²) in [4.78, 5) is 26.6. The molecule has 0 unspecified atom stereocenters. The Morgan fingerprint density at radius 3 is 2.35 bits per heavy atom. The van der Waals surface area contributed by atoms with Crippen molar-refractivity contribution in [3.8, 4) is 0 Å². The number of rotatable bonds is 4. The fraction of sp³-hybridized carbons (Fsp3) is 0.222. The Labute approximate surface area is 140 Å². The molecule has 118 valence electrons. The van der Waals surface area contributed by atoms with Crippen molar-refractivity contribution < 1.29 is 9.59 Å². The number of hydrogen-bond donors (Lipinski definition) is 1. The molecule has 2 aromatic carbocycles. The molecule has 4 nitrogen and oxygen atoms in total. The zero-order chi connectivity index (χ0) is 16.4. The SMILES string of the molecule is CC[C@@]1(c2ccccc2)NC(=O)N(Cc2ccccc2Cl)C1=O. The largest absolute Gasteiger partial charge is 0.325 e. The van der Waals surface area contributed by atoms with Crippen LogP contribution < -0.4 is 5.32 Å². The Bertz CT molecular complexity index is 748. The van der Waals surface area contributed by atoms with Gasteiger partial charge in [-0.1, -0.05) is 67.1 Å². The molecular weight excluding hydrogens is 312 g/mol. The van der Waals surface area contributed by atoms with Gasteiger partial charge >= 0.3 is 6.03 Å². The Kier molecular flexibility index (Phi) is 4.09. The average molecular weight is 329 g/mol. The van der Waals surface area contributed by atoms with Gasteiger partial charge < -0.3 is 5.32 Å². The normalized spacial score (nSPS) is 20.7. The predicted octanol–water partition coefficient (Wildman–Crippen LogP) is 3.70. The highest BCUT2D eigenvalue weighted by Gasteiger charge is 2.51. The number of hydrogen-bond acceptors (Lipinski definition) is 2. The lowest BCUT2D eigenvalue weighted by atomic mass is 9.87. The summed E-state index contributed by atoms with van der Waals surface area (Å²) in [7, 11) is 0. The van der Waals surface area contributed by atoms with E-state index < -0.39 is 5.54 Å². The number of nitrogens with one attached hydrogen (secondary N) is 1. The van der Waals surface area contributed by atoms with Crippen LogP contribution in [0.2, 0.25) is 5.02 Å². The molecule has 1 heterocycles. The third-order valence-electron chi connectivity index (χ3n) is 4.26. The maximum atomic E-state index is 13.0. The monoisotopic (exact) mass is 328 g/mol. The Hall–Kier alpha value is -2.33. The van der Waals surface area contributed by atoms with Gasteiger partial charge in [-0.3, -0.25) is 9.69 Å². The van der Waals surface area contributed by atoms with E-state index in [0.29, 0.717) is 11.4 Å². The van der Waals surface area contributed by atoms with Gasteiger partial charge in [0, 0.05) is 5.02 Å². The van der Waals surface area contributed by atoms with E-state index in [4.69, 9.17) is 11.6 Å². The molecule has 0 bridgehead atoms. The van der Waals surface area contributed by atoms with Crippen LogP contribution in [0.15, 0.2) is 54.6 Å². The standard InChI is InChI=1S/C18H17ClN2O2/c1-2-18(14-9-4-3-5-10-14)16(22)21(17(23)20-18)12-13-8-6-7-11-15(13)19/h3-11H,2,12H2,1H3,(H,20,23)/t18-/m0/s1. The maximum Gasteiger partial charge on any atom is 0.325 e. The van der Waals surface area contributed by atoms with Crippen molar-refractivity contribution >= 4 is 23.5 Å². The number of imide groups is 1. The zero-order valence-corrected chi connectivity index (χ0v) is 13.5. The Morgan fingerprint density at radius 2 is 1.70 bits per heavy atom. The third-order valence-corrected chi connectivity index (χ3v) is 4.63. The van der Waals surface area contributed by atoms with Crippen LogP contribution in [0.1, 0.15) is 24.5 Å². The van der Waals surface area contributed by atoms with Crippen molar-refractivity contribution in [2.75, 3.05) is 0 Å². The molecular formula is C18H17ClN2O2. The molecule has 0 spiro atoms. The predicted molar refractivity (Wildman–Crippen MR) is 88.9 cm³/mol. The molecule has 0 aromatic heterocycles. The highest BCUT2D eigenvalue weighted by atomic mass is 35.5. The van der Waals surface area contributed by atoms with Crippen molar-refractivity contribution in [3.63, 3.8) is 0 Å². The minimum absolute atomic E-state index is 0.166. The first kappa shape index (κ1) is 15.6. The molecule has 1 fully saturated rings. The van der Waals surface area contributed by atoms with Gasteiger partial charge in [0.05, 0.1) is 6.54 Å². The van der Waals surface area contributed by atoms with Crippen LogP contribution in [-0.4, -0.2) is 16.8 Å². The molecule has 0 aliphatic carbocycles. The molecule has 1 atom stereocenters. The molecule has 5 heteroatoms. The van der Waals surface area contributed by atoms with Gasteiger partial charge in [0.25, 0.3) is 5.91 Å². The second-order valence-electron chi connectivity index (χ2n) is 5.54. The molecule has 2 aromatic rings. The second kappa shape index (κ2) is 6.05. The lowest BCUT2D eigenvalue weighted by molar-refractivity contribution is -0.132. The van der Waals surface area contributed by atoms with Crippen LogP contribution in [0.5, 0.6) is 0 Å². The van der Waals surface area contributed by atoms with Crippen LogP contribution in [0, 0.1) is 0 Å². The maximum absolute atomic E-state index is 13.0. The third kappa shape index (κ3) is 2.59. The van der Waals surface area contributed by atoms with E-state index >= 15 is 0 Å². The van der Waals surface area contributed by atoms with E-state index in [0.717, 1.165) is 11.1 Å². The first-order chi connectivity index (χ1) is 11.1. The van der Waals surface area contributed by atoms with Gasteiger partial charge in [-0.05, 0) is 23.6 Å². The summed E-state index contributed by atoms with van der Waals surface area (Å²) in [6.07, 6.45) is 0.487. The number of amides is 3. The van der Waals surface area contributed by atoms with E-state index in [9.17, 15) is 9.59 Å². The van der Waals surface area contributed by atoms with Crippen LogP contribution >= 0.6 is 11.6 Å². The summed E-state index contributed by atoms with van der Waals surface area (Å²) in [5.74, 6) is -0.240. The fourth-order valence-corrected chi connectivity index (χ4v) is 3.12. The van der Waals surface area contributed by atoms with Crippen LogP contribution in [0.3, 0.4) is 0 Å². The van der Waals surface area contributed by atoms with E-state index in [1.165, 1.54) is 4.90 Å². The van der Waals surface area contributed by atoms with Gasteiger partial charge in [0.1, 0.15) is 5.54 Å². The number of nitrogens with zero attached hydrogens (tertiary/aromatic N) is 1. The van der Waals surface area contributed by atoms with Crippen molar-refractivity contribution in [3.05, 3.63) is 70.7 Å². The van der Waals surface area contributed by atoms with Crippen molar-refractivity contribution in [1.29, 1.82) is 0 Å². The average Bonchev–Trinajstić information content (AvgIpc) is 2.82. The first-order valence-corrected chi connectivity index (χ1v) is 7.89. The fourth-order valence-electron chi connectivity index (χ4n) is 2.93. The number of carbonyl (C=O) groups excluding carboxylic acids is 2. The topological polar surface area (TPSA) is 49.4 Å². The number of urea groups is 1. The molecule has 3 amide bonds. The minimum Gasteiger partial charge on any atom is -0.319 e. The summed E-state index contributed by atoms with van der Waals surface area (Å²) < 4.78 is 0. The van der Waals surface area contributed by atoms with Gasteiger partial charge in [-0.15, -0.1) is 0 Å². The molecule has 1 aliphatic rings. The van der Waals surface area contributed by atoms with Gasteiger partial charge in [0.2, 0.25) is 0 Å². The molecule has 1 N–H and O–H groups in total. The van der Waals surface area contributed by atoms with Gasteiger partial charge in [-0.25, -0.2) is 4.79 Å². The van der Waals surface area contributed by atoms with Crippen LogP contribution in [0.4, 0.5) is 4.79 Å². The van der Waals surface area contributed by atoms with Crippen molar-refractivity contribution in [2.45, 2.75) is 25.4 Å². The lowest BCUT2D eigenvalue weighted by Gasteiger charge is -2.25. The summed E-state index contributed by atoms with van der Waals surface area (Å²) in [5.41, 5.74) is 0.541. The quantitative estimate of drug-likeness (QED) is 0.870. The van der Waals surface area contributed by atoms with E-state index in [1.54, 1.807) is 6.07 Å². The summed E-state index contributed by atoms with van der Waals surface area (Å²) >= 11 is 6.15. The molecule has 1 aliphatic heterocycles. The van der Waals surface area contributed by atoms with Crippen LogP contribution in [0.25, 0.3) is 0 Å². The summed E-state index contributed by atoms with van der Waals surface area (Å²) in [6.45, 7) is 2.06. The summed E-state index contributed by atoms with van der Waals surface area (Å²) in [6, 6.07) is 16.2. The zero-order valence-electron chi connectivity index (χ0n) is 12.8. The number of halogens is 1. The van der Waals surface area contributed by atoms with Gasteiger partial charge in [-0.2, -0.15) is 0 Å². The van der Waals surface area contributed by atoms with E-state index in [-0.39, 0.29) is 18.5 Å². The molecule has 0 saturated carbocycles. The van der Waals surface area contributed by atoms with E-state index in [1.807, 2.05) is 55.5 Å². The van der Waals surface area contributed by atoms with E-state index in [2.05, 4.69) is 5.32 Å². The second-order valence-corrected chi connectivity index (χ2v) is 5.94.